The molecule has 0 saturated heterocycles. The molecule has 10 heavy (non-hydrogen) atoms. The maximum absolute atomic E-state index is 4.14. The fourth-order valence-corrected chi connectivity index (χ4v) is 1.05. The van der Waals surface area contributed by atoms with E-state index in [0.29, 0.717) is 0 Å². The molecule has 0 aliphatic heterocycles. The molecular weight excluding hydrogens is 162 g/mol. The SMILES string of the molecule is C=[SH-]=Nc1ccc(S)cc1. The van der Waals surface area contributed by atoms with Gasteiger partial charge in [-0.15, -0.1) is 12.6 Å². The lowest BCUT2D eigenvalue weighted by molar-refractivity contribution is 1.45. The minimum Gasteiger partial charge on any atom is -0.404 e. The van der Waals surface area contributed by atoms with Gasteiger partial charge in [-0.25, -0.2) is 5.87 Å². The first kappa shape index (κ1) is 7.69. The van der Waals surface area contributed by atoms with E-state index in [2.05, 4.69) is 22.9 Å². The van der Waals surface area contributed by atoms with Crippen LogP contribution in [0.3, 0.4) is 0 Å². The van der Waals surface area contributed by atoms with Crippen molar-refractivity contribution in [3.63, 3.8) is 0 Å². The van der Waals surface area contributed by atoms with Gasteiger partial charge in [0.25, 0.3) is 0 Å². The quantitative estimate of drug-likeness (QED) is 0.376. The second-order valence-corrected chi connectivity index (χ2v) is 2.76. The number of rotatable bonds is 1. The van der Waals surface area contributed by atoms with Crippen LogP contribution >= 0.6 is 12.6 Å². The number of thiol groups is 2. The lowest BCUT2D eigenvalue weighted by Crippen LogP contribution is -1.63. The van der Waals surface area contributed by atoms with Gasteiger partial charge in [-0.05, 0) is 24.3 Å². The summed E-state index contributed by atoms with van der Waals surface area (Å²) < 4.78 is 4.07. The fourth-order valence-electron chi connectivity index (χ4n) is 0.601. The zero-order valence-electron chi connectivity index (χ0n) is 5.36. The third-order valence-electron chi connectivity index (χ3n) is 1.04. The first-order valence-electron chi connectivity index (χ1n) is 2.78. The van der Waals surface area contributed by atoms with E-state index in [4.69, 9.17) is 0 Å². The van der Waals surface area contributed by atoms with Crippen molar-refractivity contribution in [3.05, 3.63) is 24.3 Å². The number of hydrogen-bond acceptors (Lipinski definition) is 3. The highest BCUT2D eigenvalue weighted by Gasteiger charge is 1.82. The second-order valence-electron chi connectivity index (χ2n) is 1.76. The molecule has 0 aliphatic carbocycles. The highest BCUT2D eigenvalue weighted by atomic mass is 32.1. The van der Waals surface area contributed by atoms with Crippen molar-refractivity contribution >= 4 is 35.3 Å². The molecule has 3 heteroatoms. The summed E-state index contributed by atoms with van der Waals surface area (Å²) in [4.78, 5) is 0.958. The smallest absolute Gasteiger partial charge is 0.0341 e. The zero-order valence-corrected chi connectivity index (χ0v) is 7.15. The van der Waals surface area contributed by atoms with Crippen molar-refractivity contribution in [3.8, 4) is 0 Å². The Morgan fingerprint density at radius 2 is 1.90 bits per heavy atom. The van der Waals surface area contributed by atoms with Gasteiger partial charge in [0.15, 0.2) is 0 Å². The summed E-state index contributed by atoms with van der Waals surface area (Å²) in [5.41, 5.74) is 0.953. The van der Waals surface area contributed by atoms with E-state index in [9.17, 15) is 0 Å². The minimum atomic E-state index is 0.796. The normalized spacial score (nSPS) is 9.30. The maximum Gasteiger partial charge on any atom is 0.0341 e. The van der Waals surface area contributed by atoms with Crippen LogP contribution in [0.4, 0.5) is 5.69 Å². The highest BCUT2D eigenvalue weighted by molar-refractivity contribution is 7.80. The van der Waals surface area contributed by atoms with Crippen molar-refractivity contribution in [2.45, 2.75) is 4.90 Å². The van der Waals surface area contributed by atoms with Crippen molar-refractivity contribution < 1.29 is 0 Å². The van der Waals surface area contributed by atoms with Crippen LogP contribution in [-0.2, 0) is 11.1 Å². The minimum absolute atomic E-state index is 0.796. The Kier molecular flexibility index (Phi) is 2.83. The predicted octanol–water partition coefficient (Wildman–Crippen LogP) is 2.04. The Labute approximate surface area is 69.2 Å². The molecule has 0 aliphatic rings. The molecule has 0 N–H and O–H groups in total. The molecule has 1 nitrogen and oxygen atoms in total. The topological polar surface area (TPSA) is 12.4 Å². The Bertz CT molecular complexity index is 259. The maximum atomic E-state index is 4.14. The van der Waals surface area contributed by atoms with Crippen LogP contribution in [0.5, 0.6) is 0 Å². The molecule has 0 unspecified atom stereocenters. The van der Waals surface area contributed by atoms with Gasteiger partial charge in [-0.1, -0.05) is 0 Å². The Hall–Kier alpha value is -0.410. The van der Waals surface area contributed by atoms with E-state index in [1.807, 2.05) is 24.3 Å². The average molecular weight is 170 g/mol. The van der Waals surface area contributed by atoms with E-state index < -0.39 is 0 Å². The third-order valence-corrected chi connectivity index (χ3v) is 1.71. The van der Waals surface area contributed by atoms with Gasteiger partial charge in [0.05, 0.1) is 0 Å². The van der Waals surface area contributed by atoms with E-state index in [1.165, 1.54) is 0 Å². The average Bonchev–Trinajstić information content (AvgIpc) is 1.95. The van der Waals surface area contributed by atoms with Gasteiger partial charge in [-0.3, -0.25) is 0 Å². The molecule has 1 aromatic carbocycles. The molecule has 0 amide bonds. The van der Waals surface area contributed by atoms with Gasteiger partial charge >= 0.3 is 0 Å². The van der Waals surface area contributed by atoms with E-state index in [0.717, 1.165) is 21.7 Å². The third kappa shape index (κ3) is 2.08. The molecule has 0 spiro atoms. The monoisotopic (exact) mass is 170 g/mol. The van der Waals surface area contributed by atoms with Crippen molar-refractivity contribution in [1.29, 1.82) is 0 Å². The summed E-state index contributed by atoms with van der Waals surface area (Å²) >= 11 is 4.94. The van der Waals surface area contributed by atoms with Gasteiger partial charge in [0.1, 0.15) is 0 Å². The Morgan fingerprint density at radius 1 is 1.30 bits per heavy atom. The number of benzene rings is 1. The van der Waals surface area contributed by atoms with E-state index >= 15 is 0 Å². The Morgan fingerprint density at radius 3 is 2.40 bits per heavy atom. The number of nitrogens with zero attached hydrogens (tertiary/aromatic N) is 1. The zero-order chi connectivity index (χ0) is 7.40. The summed E-state index contributed by atoms with van der Waals surface area (Å²) in [6, 6.07) is 7.65. The van der Waals surface area contributed by atoms with Crippen molar-refractivity contribution in [2.75, 3.05) is 0 Å². The molecule has 1 aromatic rings. The van der Waals surface area contributed by atoms with Gasteiger partial charge in [0, 0.05) is 10.6 Å². The van der Waals surface area contributed by atoms with Gasteiger partial charge in [-0.2, -0.15) is 0 Å². The molecule has 0 radical (unpaired) electrons. The summed E-state index contributed by atoms with van der Waals surface area (Å²) in [6.45, 7) is 0. The Balaban J connectivity index is 3.00. The molecule has 0 saturated carbocycles. The fraction of sp³-hybridized carbons (Fsp3) is 0. The molecule has 0 aromatic heterocycles. The van der Waals surface area contributed by atoms with Gasteiger partial charge in [0.2, 0.25) is 0 Å². The summed E-state index contributed by atoms with van der Waals surface area (Å²) in [5.74, 6) is 3.59. The molecule has 0 heterocycles. The van der Waals surface area contributed by atoms with Crippen LogP contribution in [0.25, 0.3) is 0 Å². The lowest BCUT2D eigenvalue weighted by Gasteiger charge is -1.95. The van der Waals surface area contributed by atoms with Crippen LogP contribution in [0.15, 0.2) is 33.5 Å². The molecule has 0 atom stereocenters. The van der Waals surface area contributed by atoms with Crippen LogP contribution in [0, 0.1) is 0 Å². The summed E-state index contributed by atoms with van der Waals surface area (Å²) in [7, 11) is 0. The van der Waals surface area contributed by atoms with Crippen LogP contribution in [0.2, 0.25) is 0 Å². The largest absolute Gasteiger partial charge is 0.404 e. The molecule has 0 bridgehead atoms. The highest BCUT2D eigenvalue weighted by Crippen LogP contribution is 2.13. The van der Waals surface area contributed by atoms with Crippen LogP contribution < -0.4 is 0 Å². The van der Waals surface area contributed by atoms with E-state index in [-0.39, 0.29) is 0 Å². The first-order chi connectivity index (χ1) is 4.83. The second kappa shape index (κ2) is 3.68. The molecule has 54 valence electrons. The standard InChI is InChI=1S/C7H8NS2/c1-10-8-6-2-4-7(9)5-3-6/h2-5,9-10H,1H2/q-1. The number of hydrogen-bond donors (Lipinski definition) is 1. The summed E-state index contributed by atoms with van der Waals surface area (Å²) in [5, 5.41) is 0. The van der Waals surface area contributed by atoms with Crippen molar-refractivity contribution in [1.82, 2.24) is 0 Å². The molecular formula is C7H8NS2-. The first-order valence-corrected chi connectivity index (χ1v) is 4.26. The van der Waals surface area contributed by atoms with Crippen molar-refractivity contribution in [2.24, 2.45) is 4.36 Å². The lowest BCUT2D eigenvalue weighted by atomic mass is 10.3. The van der Waals surface area contributed by atoms with Crippen LogP contribution in [0.1, 0.15) is 0 Å². The van der Waals surface area contributed by atoms with E-state index in [1.54, 1.807) is 0 Å². The predicted molar refractivity (Wildman–Crippen MR) is 51.7 cm³/mol. The molecule has 0 fully saturated rings. The molecule has 1 rings (SSSR count). The van der Waals surface area contributed by atoms with Crippen LogP contribution in [-0.4, -0.2) is 5.87 Å². The van der Waals surface area contributed by atoms with Gasteiger partial charge < -0.3 is 15.5 Å². The summed E-state index contributed by atoms with van der Waals surface area (Å²) in [6.07, 6.45) is 0.